The minimum absolute atomic E-state index is 0.0919. The van der Waals surface area contributed by atoms with E-state index in [1.165, 1.54) is 58.5 Å². The molecule has 0 aromatic rings. The van der Waals surface area contributed by atoms with Crippen LogP contribution in [0.2, 0.25) is 0 Å². The normalized spacial score (nSPS) is 32.5. The number of hydrogen-bond acceptors (Lipinski definition) is 5. The molecule has 6 heteroatoms. The van der Waals surface area contributed by atoms with E-state index in [9.17, 15) is 4.79 Å². The summed E-state index contributed by atoms with van der Waals surface area (Å²) < 4.78 is 12.6. The van der Waals surface area contributed by atoms with E-state index >= 15 is 0 Å². The third-order valence-corrected chi connectivity index (χ3v) is 8.81. The highest BCUT2D eigenvalue weighted by atomic mass is 17.1. The molecule has 1 saturated heterocycles. The maximum absolute atomic E-state index is 11.0. The van der Waals surface area contributed by atoms with Crippen LogP contribution in [-0.2, 0) is 19.2 Å². The maximum atomic E-state index is 11.0. The standard InChI is InChI=1S/C26H46O4.CH4O2/c1-17(21-10-6-11-21)14-15-22-12-7-13-23-20(4)26(29-16-24(22)23)30-19(3)9-5-8-18(2)25(27)28;1-3-2/h17-24,26H,5-16H2,1-4H3,(H,27,28);2H,1H3/t17?,18?,19?,20-,22-,23+,24?,26-;/m1./s1. The van der Waals surface area contributed by atoms with Gasteiger partial charge in [-0.1, -0.05) is 65.7 Å². The van der Waals surface area contributed by atoms with Crippen LogP contribution in [0.4, 0.5) is 0 Å². The Kier molecular flexibility index (Phi) is 12.7. The van der Waals surface area contributed by atoms with Gasteiger partial charge in [0.15, 0.2) is 6.29 Å². The number of hydrogen-bond donors (Lipinski definition) is 2. The molecule has 3 rings (SSSR count). The van der Waals surface area contributed by atoms with Crippen LogP contribution >= 0.6 is 0 Å². The second-order valence-electron chi connectivity index (χ2n) is 11.1. The Morgan fingerprint density at radius 2 is 1.70 bits per heavy atom. The summed E-state index contributed by atoms with van der Waals surface area (Å²) in [5.41, 5.74) is 0. The molecule has 0 aromatic carbocycles. The van der Waals surface area contributed by atoms with Crippen LogP contribution in [0.15, 0.2) is 0 Å². The number of carbonyl (C=O) groups is 1. The lowest BCUT2D eigenvalue weighted by atomic mass is 9.64. The van der Waals surface area contributed by atoms with Crippen LogP contribution in [0.25, 0.3) is 0 Å². The average molecular weight is 471 g/mol. The van der Waals surface area contributed by atoms with Crippen LogP contribution in [0, 0.1) is 41.4 Å². The van der Waals surface area contributed by atoms with Gasteiger partial charge in [-0.15, -0.1) is 0 Å². The summed E-state index contributed by atoms with van der Waals surface area (Å²) in [7, 11) is 1.18. The van der Waals surface area contributed by atoms with Crippen molar-refractivity contribution in [2.75, 3.05) is 13.7 Å². The zero-order valence-corrected chi connectivity index (χ0v) is 21.7. The monoisotopic (exact) mass is 470 g/mol. The smallest absolute Gasteiger partial charge is 0.306 e. The summed E-state index contributed by atoms with van der Waals surface area (Å²) in [6.45, 7) is 9.57. The van der Waals surface area contributed by atoms with Crippen molar-refractivity contribution in [3.05, 3.63) is 0 Å². The van der Waals surface area contributed by atoms with Gasteiger partial charge in [-0.2, -0.15) is 0 Å². The van der Waals surface area contributed by atoms with E-state index in [4.69, 9.17) is 19.8 Å². The Hall–Kier alpha value is -0.690. The molecule has 0 radical (unpaired) electrons. The summed E-state index contributed by atoms with van der Waals surface area (Å²) in [5.74, 6) is 3.68. The van der Waals surface area contributed by atoms with E-state index < -0.39 is 5.97 Å². The van der Waals surface area contributed by atoms with Gasteiger partial charge in [-0.3, -0.25) is 10.1 Å². The first-order chi connectivity index (χ1) is 15.8. The van der Waals surface area contributed by atoms with Gasteiger partial charge >= 0.3 is 5.97 Å². The van der Waals surface area contributed by atoms with Gasteiger partial charge < -0.3 is 14.6 Å². The largest absolute Gasteiger partial charge is 0.481 e. The van der Waals surface area contributed by atoms with Crippen LogP contribution < -0.4 is 0 Å². The lowest BCUT2D eigenvalue weighted by Crippen LogP contribution is -2.47. The lowest BCUT2D eigenvalue weighted by Gasteiger charge is -2.48. The summed E-state index contributed by atoms with van der Waals surface area (Å²) >= 11 is 0. The molecule has 1 heterocycles. The third kappa shape index (κ3) is 8.79. The quantitative estimate of drug-likeness (QED) is 0.260. The summed E-state index contributed by atoms with van der Waals surface area (Å²) in [5, 5.41) is 16.1. The summed E-state index contributed by atoms with van der Waals surface area (Å²) in [4.78, 5) is 14.2. The van der Waals surface area contributed by atoms with Gasteiger partial charge in [0.1, 0.15) is 0 Å². The lowest BCUT2D eigenvalue weighted by molar-refractivity contribution is -0.247. The van der Waals surface area contributed by atoms with Gasteiger partial charge in [-0.25, -0.2) is 4.89 Å². The van der Waals surface area contributed by atoms with E-state index in [0.717, 1.165) is 49.5 Å². The van der Waals surface area contributed by atoms with Crippen LogP contribution in [0.5, 0.6) is 0 Å². The molecule has 8 atom stereocenters. The van der Waals surface area contributed by atoms with Crippen LogP contribution in [0.3, 0.4) is 0 Å². The number of rotatable bonds is 11. The molecule has 3 fully saturated rings. The fraction of sp³-hybridized carbons (Fsp3) is 0.963. The molecular formula is C27H50O6. The van der Waals surface area contributed by atoms with Gasteiger partial charge in [0.25, 0.3) is 0 Å². The molecule has 0 spiro atoms. The molecular weight excluding hydrogens is 420 g/mol. The number of aliphatic carboxylic acids is 1. The number of fused-ring (bicyclic) bond motifs is 1. The van der Waals surface area contributed by atoms with Crippen molar-refractivity contribution in [2.24, 2.45) is 41.4 Å². The number of carboxylic acid groups (broad SMARTS) is 1. The fourth-order valence-corrected chi connectivity index (χ4v) is 6.24. The topological polar surface area (TPSA) is 85.2 Å². The fourth-order valence-electron chi connectivity index (χ4n) is 6.24. The van der Waals surface area contributed by atoms with Crippen molar-refractivity contribution in [3.63, 3.8) is 0 Å². The van der Waals surface area contributed by atoms with Crippen molar-refractivity contribution in [2.45, 2.75) is 111 Å². The molecule has 4 unspecified atom stereocenters. The van der Waals surface area contributed by atoms with Crippen molar-refractivity contribution in [1.29, 1.82) is 0 Å². The van der Waals surface area contributed by atoms with Gasteiger partial charge in [-0.05, 0) is 62.2 Å². The molecule has 0 amide bonds. The molecule has 3 aliphatic rings. The average Bonchev–Trinajstić information content (AvgIpc) is 2.73. The second-order valence-corrected chi connectivity index (χ2v) is 11.1. The predicted octanol–water partition coefficient (Wildman–Crippen LogP) is 6.63. The van der Waals surface area contributed by atoms with Crippen molar-refractivity contribution < 1.29 is 29.5 Å². The summed E-state index contributed by atoms with van der Waals surface area (Å²) in [6.07, 6.45) is 13.8. The van der Waals surface area contributed by atoms with Crippen molar-refractivity contribution in [1.82, 2.24) is 0 Å². The van der Waals surface area contributed by atoms with Crippen LogP contribution in [0.1, 0.15) is 98.3 Å². The van der Waals surface area contributed by atoms with Gasteiger partial charge in [0.05, 0.1) is 25.7 Å². The van der Waals surface area contributed by atoms with E-state index in [1.54, 1.807) is 6.92 Å². The molecule has 2 saturated carbocycles. The van der Waals surface area contributed by atoms with E-state index in [2.05, 4.69) is 25.7 Å². The minimum Gasteiger partial charge on any atom is -0.481 e. The van der Waals surface area contributed by atoms with Gasteiger partial charge in [0, 0.05) is 5.92 Å². The molecule has 194 valence electrons. The molecule has 2 aliphatic carbocycles. The second kappa shape index (κ2) is 14.7. The number of carboxylic acids is 1. The molecule has 33 heavy (non-hydrogen) atoms. The Morgan fingerprint density at radius 3 is 2.30 bits per heavy atom. The van der Waals surface area contributed by atoms with Crippen molar-refractivity contribution in [3.8, 4) is 0 Å². The van der Waals surface area contributed by atoms with Crippen LogP contribution in [-0.4, -0.2) is 42.4 Å². The summed E-state index contributed by atoms with van der Waals surface area (Å²) in [6, 6.07) is 0. The molecule has 6 nitrogen and oxygen atoms in total. The first-order valence-corrected chi connectivity index (χ1v) is 13.5. The molecule has 0 bridgehead atoms. The highest BCUT2D eigenvalue weighted by molar-refractivity contribution is 5.69. The van der Waals surface area contributed by atoms with Crippen molar-refractivity contribution >= 4 is 5.97 Å². The zero-order chi connectivity index (χ0) is 24.4. The Morgan fingerprint density at radius 1 is 1.03 bits per heavy atom. The number of ether oxygens (including phenoxy) is 2. The first-order valence-electron chi connectivity index (χ1n) is 13.5. The maximum Gasteiger partial charge on any atom is 0.306 e. The SMILES string of the molecule is CC(CCCC(C)C(=O)O)O[C@H]1OCC2[C@@H](CCC(C)C3CCC3)CCC[C@H]2[C@H]1C.COO. The third-order valence-electron chi connectivity index (χ3n) is 8.81. The highest BCUT2D eigenvalue weighted by Crippen LogP contribution is 2.47. The van der Waals surface area contributed by atoms with Gasteiger partial charge in [0.2, 0.25) is 0 Å². The van der Waals surface area contributed by atoms with E-state index in [-0.39, 0.29) is 18.3 Å². The zero-order valence-electron chi connectivity index (χ0n) is 21.7. The van der Waals surface area contributed by atoms with E-state index in [0.29, 0.717) is 11.8 Å². The molecule has 0 aromatic heterocycles. The minimum atomic E-state index is -0.701. The van der Waals surface area contributed by atoms with E-state index in [1.807, 2.05) is 0 Å². The molecule has 2 N–H and O–H groups in total. The Balaban J connectivity index is 0.00000122. The Bertz CT molecular complexity index is 551. The first kappa shape index (κ1) is 28.5. The predicted molar refractivity (Wildman–Crippen MR) is 130 cm³/mol. The highest BCUT2D eigenvalue weighted by Gasteiger charge is 2.43. The molecule has 1 aliphatic heterocycles. The Labute approximate surface area is 201 Å².